The van der Waals surface area contributed by atoms with Crippen LogP contribution < -0.4 is 16.1 Å². The highest BCUT2D eigenvalue weighted by Crippen LogP contribution is 2.30. The molecule has 13 heteroatoms. The maximum atomic E-state index is 13.5. The third-order valence-corrected chi connectivity index (χ3v) is 6.69. The molecule has 12 nitrogen and oxygen atoms in total. The van der Waals surface area contributed by atoms with Gasteiger partial charge < -0.3 is 19.3 Å². The molecule has 3 aromatic rings. The molecule has 0 saturated carbocycles. The molecular weight excluding hydrogens is 540 g/mol. The second-order valence-corrected chi connectivity index (χ2v) is 12.1. The number of aromatic nitrogens is 4. The quantitative estimate of drug-likeness (QED) is 0.436. The molecule has 0 aliphatic carbocycles. The molecule has 0 unspecified atom stereocenters. The highest BCUT2D eigenvalue weighted by atomic mass is 35.5. The van der Waals surface area contributed by atoms with Gasteiger partial charge in [-0.2, -0.15) is 4.98 Å². The fourth-order valence-electron chi connectivity index (χ4n) is 4.24. The summed E-state index contributed by atoms with van der Waals surface area (Å²) in [4.78, 5) is 60.1. The van der Waals surface area contributed by atoms with Crippen molar-refractivity contribution < 1.29 is 19.1 Å². The molecule has 1 aliphatic heterocycles. The Morgan fingerprint density at radius 1 is 1.00 bits per heavy atom. The van der Waals surface area contributed by atoms with Gasteiger partial charge in [-0.15, -0.1) is 0 Å². The van der Waals surface area contributed by atoms with E-state index in [9.17, 15) is 19.2 Å². The summed E-state index contributed by atoms with van der Waals surface area (Å²) in [5.41, 5.74) is -2.02. The smallest absolute Gasteiger partial charge is 0.410 e. The van der Waals surface area contributed by atoms with Crippen LogP contribution in [0.4, 0.5) is 10.7 Å². The lowest BCUT2D eigenvalue weighted by Gasteiger charge is -2.36. The molecule has 0 bridgehead atoms. The first-order valence-electron chi connectivity index (χ1n) is 13.0. The third-order valence-electron chi connectivity index (χ3n) is 6.37. The number of benzene rings is 1. The van der Waals surface area contributed by atoms with Crippen LogP contribution in [-0.2, 0) is 28.0 Å². The second-order valence-electron chi connectivity index (χ2n) is 11.7. The number of nitrogens with zero attached hydrogens (tertiary/aromatic N) is 6. The zero-order valence-corrected chi connectivity index (χ0v) is 24.6. The summed E-state index contributed by atoms with van der Waals surface area (Å²) in [5, 5.41) is 0.370. The van der Waals surface area contributed by atoms with Crippen LogP contribution in [-0.4, -0.2) is 67.4 Å². The number of amides is 1. The topological polar surface area (TPSA) is 121 Å². The first-order valence-corrected chi connectivity index (χ1v) is 13.3. The van der Waals surface area contributed by atoms with E-state index in [4.69, 9.17) is 26.1 Å². The lowest BCUT2D eigenvalue weighted by Crippen LogP contribution is -2.50. The summed E-state index contributed by atoms with van der Waals surface area (Å²) < 4.78 is 14.7. The molecule has 0 radical (unpaired) electrons. The lowest BCUT2D eigenvalue weighted by molar-refractivity contribution is -0.156. The first-order chi connectivity index (χ1) is 18.6. The molecule has 1 aliphatic rings. The van der Waals surface area contributed by atoms with Gasteiger partial charge in [0, 0.05) is 33.2 Å². The lowest BCUT2D eigenvalue weighted by atomic mass is 9.98. The molecule has 216 valence electrons. The summed E-state index contributed by atoms with van der Waals surface area (Å²) in [6.07, 6.45) is -0.407. The van der Waals surface area contributed by atoms with E-state index in [0.29, 0.717) is 42.8 Å². The SMILES string of the molecule is Cn1c(=O)c2c(nc(N3CCN(C(=O)OC(C)(C)C)CC3)n2-c2ccccc2Cl)n(COC(=O)C(C)(C)C)c1=O. The van der Waals surface area contributed by atoms with Gasteiger partial charge in [0.15, 0.2) is 17.9 Å². The minimum Gasteiger partial charge on any atom is -0.444 e. The second kappa shape index (κ2) is 10.6. The fourth-order valence-corrected chi connectivity index (χ4v) is 4.46. The Labute approximate surface area is 236 Å². The number of imidazole rings is 1. The number of carbonyl (C=O) groups is 2. The Hall–Kier alpha value is -3.80. The number of ether oxygens (including phenoxy) is 2. The molecule has 1 amide bonds. The van der Waals surface area contributed by atoms with E-state index in [1.807, 2.05) is 25.7 Å². The molecule has 2 aromatic heterocycles. The largest absolute Gasteiger partial charge is 0.444 e. The Bertz CT molecular complexity index is 1570. The summed E-state index contributed by atoms with van der Waals surface area (Å²) in [7, 11) is 1.36. The number of para-hydroxylation sites is 1. The summed E-state index contributed by atoms with van der Waals surface area (Å²) >= 11 is 6.59. The van der Waals surface area contributed by atoms with Crippen molar-refractivity contribution in [1.29, 1.82) is 0 Å². The van der Waals surface area contributed by atoms with Crippen LogP contribution >= 0.6 is 11.6 Å². The van der Waals surface area contributed by atoms with Gasteiger partial charge >= 0.3 is 17.8 Å². The fraction of sp³-hybridized carbons (Fsp3) is 0.519. The van der Waals surface area contributed by atoms with Gasteiger partial charge in [0.2, 0.25) is 5.95 Å². The standard InChI is InChI=1S/C27H35ClN6O6/c1-26(2,3)22(36)39-16-33-20-19(21(35)30(7)24(33)37)34(18-11-9-8-10-17(18)28)23(29-20)31-12-14-32(15-13-31)25(38)40-27(4,5)6/h8-11H,12-16H2,1-7H3. The number of hydrogen-bond donors (Lipinski definition) is 0. The van der Waals surface area contributed by atoms with Crippen LogP contribution in [0.3, 0.4) is 0 Å². The number of carbonyl (C=O) groups excluding carboxylic acids is 2. The van der Waals surface area contributed by atoms with Crippen molar-refractivity contribution in [1.82, 2.24) is 23.6 Å². The third kappa shape index (κ3) is 5.72. The predicted molar refractivity (Wildman–Crippen MR) is 151 cm³/mol. The van der Waals surface area contributed by atoms with Gasteiger partial charge in [0.05, 0.1) is 16.1 Å². The van der Waals surface area contributed by atoms with E-state index in [0.717, 1.165) is 9.13 Å². The Morgan fingerprint density at radius 2 is 1.62 bits per heavy atom. The number of piperazine rings is 1. The van der Waals surface area contributed by atoms with Crippen molar-refractivity contribution in [3.8, 4) is 5.69 Å². The van der Waals surface area contributed by atoms with Crippen LogP contribution in [0.1, 0.15) is 41.5 Å². The van der Waals surface area contributed by atoms with Gasteiger partial charge in [-0.05, 0) is 53.7 Å². The maximum absolute atomic E-state index is 13.5. The van der Waals surface area contributed by atoms with Gasteiger partial charge in [-0.3, -0.25) is 18.7 Å². The minimum atomic E-state index is -0.792. The van der Waals surface area contributed by atoms with E-state index in [2.05, 4.69) is 0 Å². The first kappa shape index (κ1) is 29.2. The normalized spacial score (nSPS) is 14.5. The highest BCUT2D eigenvalue weighted by Gasteiger charge is 2.31. The zero-order chi connectivity index (χ0) is 29.6. The van der Waals surface area contributed by atoms with E-state index in [-0.39, 0.29) is 11.2 Å². The number of anilines is 1. The van der Waals surface area contributed by atoms with Crippen molar-refractivity contribution >= 4 is 40.8 Å². The Balaban J connectivity index is 1.83. The van der Waals surface area contributed by atoms with E-state index in [1.165, 1.54) is 7.05 Å². The van der Waals surface area contributed by atoms with Crippen LogP contribution in [0.5, 0.6) is 0 Å². The maximum Gasteiger partial charge on any atom is 0.410 e. The van der Waals surface area contributed by atoms with Crippen molar-refractivity contribution in [3.63, 3.8) is 0 Å². The van der Waals surface area contributed by atoms with Crippen molar-refractivity contribution in [3.05, 3.63) is 50.1 Å². The molecule has 1 fully saturated rings. The molecule has 1 saturated heterocycles. The molecule has 3 heterocycles. The average Bonchev–Trinajstić information content (AvgIpc) is 3.26. The van der Waals surface area contributed by atoms with Crippen LogP contribution in [0, 0.1) is 5.41 Å². The Morgan fingerprint density at radius 3 is 2.20 bits per heavy atom. The Kier molecular flexibility index (Phi) is 7.77. The number of hydrogen-bond acceptors (Lipinski definition) is 8. The monoisotopic (exact) mass is 574 g/mol. The van der Waals surface area contributed by atoms with Crippen molar-refractivity contribution in [2.24, 2.45) is 12.5 Å². The predicted octanol–water partition coefficient (Wildman–Crippen LogP) is 3.14. The van der Waals surface area contributed by atoms with Gasteiger partial charge in [0.25, 0.3) is 5.56 Å². The number of halogens is 1. The summed E-state index contributed by atoms with van der Waals surface area (Å²) in [6, 6.07) is 6.99. The van der Waals surface area contributed by atoms with Gasteiger partial charge in [0.1, 0.15) is 5.60 Å². The number of rotatable bonds is 4. The van der Waals surface area contributed by atoms with Gasteiger partial charge in [-0.1, -0.05) is 23.7 Å². The molecule has 1 aromatic carbocycles. The van der Waals surface area contributed by atoms with E-state index >= 15 is 0 Å². The van der Waals surface area contributed by atoms with E-state index in [1.54, 1.807) is 54.5 Å². The van der Waals surface area contributed by atoms with Crippen LogP contribution in [0.25, 0.3) is 16.9 Å². The van der Waals surface area contributed by atoms with Crippen LogP contribution in [0.15, 0.2) is 33.9 Å². The molecular formula is C27H35ClN6O6. The molecule has 4 rings (SSSR count). The van der Waals surface area contributed by atoms with Crippen molar-refractivity contribution in [2.75, 3.05) is 31.1 Å². The average molecular weight is 575 g/mol. The van der Waals surface area contributed by atoms with E-state index < -0.39 is 41.1 Å². The minimum absolute atomic E-state index is 0.0549. The molecule has 40 heavy (non-hydrogen) atoms. The number of fused-ring (bicyclic) bond motifs is 1. The molecule has 0 spiro atoms. The zero-order valence-electron chi connectivity index (χ0n) is 23.9. The molecule has 0 atom stereocenters. The van der Waals surface area contributed by atoms with Crippen molar-refractivity contribution in [2.45, 2.75) is 53.9 Å². The van der Waals surface area contributed by atoms with Crippen LogP contribution in [0.2, 0.25) is 5.02 Å². The summed E-state index contributed by atoms with van der Waals surface area (Å²) in [6.45, 7) is 11.6. The number of esters is 1. The molecule has 0 N–H and O–H groups in total. The summed E-state index contributed by atoms with van der Waals surface area (Å²) in [5.74, 6) is -0.143. The van der Waals surface area contributed by atoms with Gasteiger partial charge in [-0.25, -0.2) is 14.2 Å². The highest BCUT2D eigenvalue weighted by molar-refractivity contribution is 6.32.